The van der Waals surface area contributed by atoms with Crippen molar-refractivity contribution in [3.63, 3.8) is 0 Å². The minimum absolute atomic E-state index is 0.221. The lowest BCUT2D eigenvalue weighted by molar-refractivity contribution is 0.0315. The maximum atomic E-state index is 11.8. The fraction of sp³-hybridized carbons (Fsp3) is 1.00. The molecule has 0 aromatic rings. The van der Waals surface area contributed by atoms with Gasteiger partial charge in [-0.05, 0) is 27.2 Å². The van der Waals surface area contributed by atoms with E-state index in [-0.39, 0.29) is 16.4 Å². The molecule has 0 saturated carbocycles. The minimum atomic E-state index is -1.07. The molecule has 0 fully saturated rings. The molecule has 0 heterocycles. The molecule has 4 atom stereocenters. The Morgan fingerprint density at radius 1 is 1.20 bits per heavy atom. The Morgan fingerprint density at radius 2 is 1.67 bits per heavy atom. The van der Waals surface area contributed by atoms with Crippen molar-refractivity contribution < 1.29 is 14.4 Å². The molecule has 0 aromatic carbocycles. The molecule has 0 bridgehead atoms. The van der Waals surface area contributed by atoms with Crippen LogP contribution in [0.1, 0.15) is 41.0 Å². The maximum absolute atomic E-state index is 11.8. The predicted molar refractivity (Wildman–Crippen MR) is 64.2 cm³/mol. The smallest absolute Gasteiger partial charge is 0.0705 e. The fourth-order valence-corrected chi connectivity index (χ4v) is 2.30. The van der Waals surface area contributed by atoms with Crippen molar-refractivity contribution in [3.8, 4) is 0 Å². The summed E-state index contributed by atoms with van der Waals surface area (Å²) in [7, 11) is -1.07. The van der Waals surface area contributed by atoms with Gasteiger partial charge in [0.25, 0.3) is 0 Å². The van der Waals surface area contributed by atoms with Crippen molar-refractivity contribution >= 4 is 10.8 Å². The molecular formula is C11H24O3S. The standard InChI is InChI=1S/C11H24O3S/c1-6-9(12)8(2)10(13)7-15(14)11(3,4)5/h8-10,12-13H,6-7H2,1-5H3/t8-,9+,10+,15-/m1/s1. The molecule has 0 aliphatic carbocycles. The lowest BCUT2D eigenvalue weighted by atomic mass is 9.97. The first kappa shape index (κ1) is 15.1. The van der Waals surface area contributed by atoms with E-state index in [1.165, 1.54) is 0 Å². The van der Waals surface area contributed by atoms with Gasteiger partial charge in [0.05, 0.1) is 18.0 Å². The summed E-state index contributed by atoms with van der Waals surface area (Å²) in [5.41, 5.74) is 0. The minimum Gasteiger partial charge on any atom is -0.393 e. The van der Waals surface area contributed by atoms with Gasteiger partial charge in [0.1, 0.15) is 0 Å². The van der Waals surface area contributed by atoms with Crippen LogP contribution in [0.5, 0.6) is 0 Å². The maximum Gasteiger partial charge on any atom is 0.0705 e. The van der Waals surface area contributed by atoms with Gasteiger partial charge in [-0.25, -0.2) is 0 Å². The number of hydrogen-bond donors (Lipinski definition) is 2. The molecule has 0 saturated heterocycles. The van der Waals surface area contributed by atoms with Gasteiger partial charge in [-0.1, -0.05) is 13.8 Å². The summed E-state index contributed by atoms with van der Waals surface area (Å²) >= 11 is 0. The first-order valence-electron chi connectivity index (χ1n) is 5.44. The van der Waals surface area contributed by atoms with Gasteiger partial charge < -0.3 is 10.2 Å². The Hall–Kier alpha value is 0.0700. The van der Waals surface area contributed by atoms with E-state index in [1.54, 1.807) is 6.92 Å². The van der Waals surface area contributed by atoms with Crippen LogP contribution in [0.15, 0.2) is 0 Å². The third-order valence-electron chi connectivity index (χ3n) is 2.64. The van der Waals surface area contributed by atoms with E-state index in [0.29, 0.717) is 6.42 Å². The highest BCUT2D eigenvalue weighted by Gasteiger charge is 2.27. The first-order valence-corrected chi connectivity index (χ1v) is 6.76. The van der Waals surface area contributed by atoms with Crippen molar-refractivity contribution in [2.45, 2.75) is 58.0 Å². The molecule has 0 spiro atoms. The highest BCUT2D eigenvalue weighted by atomic mass is 32.2. The van der Waals surface area contributed by atoms with Crippen LogP contribution in [0.3, 0.4) is 0 Å². The Balaban J connectivity index is 4.25. The largest absolute Gasteiger partial charge is 0.393 e. The summed E-state index contributed by atoms with van der Waals surface area (Å²) in [6.07, 6.45) is -0.600. The van der Waals surface area contributed by atoms with E-state index < -0.39 is 23.0 Å². The predicted octanol–water partition coefficient (Wildman–Crippen LogP) is 1.30. The normalized spacial score (nSPS) is 20.7. The zero-order chi connectivity index (χ0) is 12.2. The molecule has 4 heteroatoms. The lowest BCUT2D eigenvalue weighted by Gasteiger charge is -2.26. The SMILES string of the molecule is CC[C@H](O)[C@@H](C)[C@@H](O)C[S@@](=O)C(C)(C)C. The van der Waals surface area contributed by atoms with Gasteiger partial charge in [0.2, 0.25) is 0 Å². The summed E-state index contributed by atoms with van der Waals surface area (Å²) in [6, 6.07) is 0. The van der Waals surface area contributed by atoms with E-state index in [2.05, 4.69) is 0 Å². The molecule has 0 radical (unpaired) electrons. The molecule has 0 aliphatic heterocycles. The van der Waals surface area contributed by atoms with E-state index in [4.69, 9.17) is 0 Å². The number of rotatable bonds is 5. The monoisotopic (exact) mass is 236 g/mol. The zero-order valence-corrected chi connectivity index (χ0v) is 11.2. The molecule has 0 unspecified atom stereocenters. The van der Waals surface area contributed by atoms with E-state index >= 15 is 0 Å². The van der Waals surface area contributed by atoms with E-state index in [9.17, 15) is 14.4 Å². The second-order valence-corrected chi connectivity index (χ2v) is 7.28. The third-order valence-corrected chi connectivity index (χ3v) is 4.65. The van der Waals surface area contributed by atoms with Crippen molar-refractivity contribution in [3.05, 3.63) is 0 Å². The second kappa shape index (κ2) is 5.97. The van der Waals surface area contributed by atoms with E-state index in [0.717, 1.165) is 0 Å². The van der Waals surface area contributed by atoms with Crippen molar-refractivity contribution in [2.75, 3.05) is 5.75 Å². The molecule has 0 aromatic heterocycles. The van der Waals surface area contributed by atoms with Crippen molar-refractivity contribution in [1.82, 2.24) is 0 Å². The number of hydrogen-bond acceptors (Lipinski definition) is 3. The Bertz CT molecular complexity index is 210. The zero-order valence-electron chi connectivity index (χ0n) is 10.4. The Morgan fingerprint density at radius 3 is 2.00 bits per heavy atom. The molecule has 0 amide bonds. The summed E-state index contributed by atoms with van der Waals surface area (Å²) in [5.74, 6) is 0.0168. The summed E-state index contributed by atoms with van der Waals surface area (Å²) in [6.45, 7) is 9.32. The number of aliphatic hydroxyl groups excluding tert-OH is 2. The molecule has 0 rings (SSSR count). The molecule has 3 nitrogen and oxygen atoms in total. The fourth-order valence-electron chi connectivity index (χ4n) is 1.19. The summed E-state index contributed by atoms with van der Waals surface area (Å²) in [4.78, 5) is 0. The van der Waals surface area contributed by atoms with Crippen LogP contribution in [-0.4, -0.2) is 37.1 Å². The van der Waals surface area contributed by atoms with Crippen LogP contribution in [0, 0.1) is 5.92 Å². The number of aliphatic hydroxyl groups is 2. The Labute approximate surface area is 95.4 Å². The molecule has 15 heavy (non-hydrogen) atoms. The van der Waals surface area contributed by atoms with Gasteiger partial charge in [-0.2, -0.15) is 0 Å². The quantitative estimate of drug-likeness (QED) is 0.756. The molecule has 2 N–H and O–H groups in total. The van der Waals surface area contributed by atoms with Crippen LogP contribution < -0.4 is 0 Å². The topological polar surface area (TPSA) is 57.5 Å². The first-order chi connectivity index (χ1) is 6.70. The van der Waals surface area contributed by atoms with Crippen LogP contribution in [-0.2, 0) is 10.8 Å². The highest BCUT2D eigenvalue weighted by Crippen LogP contribution is 2.17. The molecule has 0 aliphatic rings. The van der Waals surface area contributed by atoms with E-state index in [1.807, 2.05) is 27.7 Å². The lowest BCUT2D eigenvalue weighted by Crippen LogP contribution is -2.37. The van der Waals surface area contributed by atoms with Crippen molar-refractivity contribution in [1.29, 1.82) is 0 Å². The van der Waals surface area contributed by atoms with Gasteiger partial charge >= 0.3 is 0 Å². The van der Waals surface area contributed by atoms with Crippen LogP contribution in [0.2, 0.25) is 0 Å². The Kier molecular flexibility index (Phi) is 5.99. The molecule has 92 valence electrons. The van der Waals surface area contributed by atoms with Gasteiger partial charge in [0, 0.05) is 21.5 Å². The molecular weight excluding hydrogens is 212 g/mol. The van der Waals surface area contributed by atoms with Gasteiger partial charge in [0.15, 0.2) is 0 Å². The average Bonchev–Trinajstić information content (AvgIpc) is 2.13. The van der Waals surface area contributed by atoms with Gasteiger partial charge in [-0.3, -0.25) is 4.21 Å². The average molecular weight is 236 g/mol. The third kappa shape index (κ3) is 5.09. The van der Waals surface area contributed by atoms with Gasteiger partial charge in [-0.15, -0.1) is 0 Å². The summed E-state index contributed by atoms with van der Waals surface area (Å²) in [5, 5.41) is 19.4. The van der Waals surface area contributed by atoms with Crippen LogP contribution in [0.4, 0.5) is 0 Å². The van der Waals surface area contributed by atoms with Crippen LogP contribution in [0.25, 0.3) is 0 Å². The summed E-state index contributed by atoms with van der Waals surface area (Å²) < 4.78 is 11.5. The second-order valence-electron chi connectivity index (χ2n) is 5.03. The van der Waals surface area contributed by atoms with Crippen molar-refractivity contribution in [2.24, 2.45) is 5.92 Å². The highest BCUT2D eigenvalue weighted by molar-refractivity contribution is 7.86. The van der Waals surface area contributed by atoms with Crippen LogP contribution >= 0.6 is 0 Å².